The van der Waals surface area contributed by atoms with E-state index in [4.69, 9.17) is 10.5 Å². The van der Waals surface area contributed by atoms with Crippen LogP contribution in [0, 0.1) is 0 Å². The van der Waals surface area contributed by atoms with E-state index in [1.807, 2.05) is 0 Å². The lowest BCUT2D eigenvalue weighted by Gasteiger charge is -2.08. The molecule has 0 aliphatic heterocycles. The summed E-state index contributed by atoms with van der Waals surface area (Å²) in [6.45, 7) is 3.88. The highest BCUT2D eigenvalue weighted by atomic mass is 16.6. The van der Waals surface area contributed by atoms with E-state index >= 15 is 0 Å². The van der Waals surface area contributed by atoms with E-state index in [1.54, 1.807) is 31.8 Å². The summed E-state index contributed by atoms with van der Waals surface area (Å²) >= 11 is 0. The lowest BCUT2D eigenvalue weighted by atomic mass is 10.3. The molecule has 0 radical (unpaired) electrons. The van der Waals surface area contributed by atoms with Gasteiger partial charge in [-0.25, -0.2) is 4.79 Å². The summed E-state index contributed by atoms with van der Waals surface area (Å²) in [4.78, 5) is 11.3. The molecule has 0 aliphatic carbocycles. The lowest BCUT2D eigenvalue weighted by molar-refractivity contribution is 0.130. The van der Waals surface area contributed by atoms with Crippen LogP contribution in [0.25, 0.3) is 0 Å². The fourth-order valence-electron chi connectivity index (χ4n) is 1.13. The summed E-state index contributed by atoms with van der Waals surface area (Å²) in [6.07, 6.45) is 1.08. The van der Waals surface area contributed by atoms with Gasteiger partial charge in [0.25, 0.3) is 0 Å². The molecule has 0 saturated carbocycles. The topological polar surface area (TPSA) is 82.2 Å². The number of nitrogens with two attached hydrogens (primary N) is 1. The Morgan fingerprint density at radius 2 is 2.40 bits per heavy atom. The molecule has 15 heavy (non-hydrogen) atoms. The summed E-state index contributed by atoms with van der Waals surface area (Å²) in [5.41, 5.74) is 6.27. The molecular weight excluding hydrogens is 196 g/mol. The van der Waals surface area contributed by atoms with Crippen LogP contribution in [0.1, 0.15) is 19.4 Å². The highest BCUT2D eigenvalue weighted by Gasteiger charge is 2.11. The maximum atomic E-state index is 11.3. The predicted molar refractivity (Wildman–Crippen MR) is 56.3 cm³/mol. The van der Waals surface area contributed by atoms with Crippen molar-refractivity contribution in [1.29, 1.82) is 0 Å². The van der Waals surface area contributed by atoms with Gasteiger partial charge in [0.15, 0.2) is 5.82 Å². The van der Waals surface area contributed by atoms with Gasteiger partial charge in [-0.3, -0.25) is 10.00 Å². The Morgan fingerprint density at radius 1 is 1.73 bits per heavy atom. The summed E-state index contributed by atoms with van der Waals surface area (Å²) in [5, 5.41) is 6.59. The number of aromatic nitrogens is 2. The zero-order valence-electron chi connectivity index (χ0n) is 9.15. The molecule has 1 heterocycles. The van der Waals surface area contributed by atoms with Crippen molar-refractivity contribution in [2.45, 2.75) is 26.5 Å². The Kier molecular flexibility index (Phi) is 3.68. The first-order valence-electron chi connectivity index (χ1n) is 4.73. The molecule has 6 heteroatoms. The van der Waals surface area contributed by atoms with Crippen LogP contribution < -0.4 is 11.1 Å². The molecular formula is C9H16N4O2. The van der Waals surface area contributed by atoms with Crippen molar-refractivity contribution in [1.82, 2.24) is 9.78 Å². The molecule has 0 aromatic carbocycles. The number of rotatable bonds is 3. The van der Waals surface area contributed by atoms with Crippen molar-refractivity contribution < 1.29 is 9.53 Å². The van der Waals surface area contributed by atoms with Crippen LogP contribution in [0.5, 0.6) is 0 Å². The molecule has 0 fully saturated rings. The third-order valence-corrected chi connectivity index (χ3v) is 1.69. The first kappa shape index (κ1) is 11.5. The SMILES string of the molecule is CC(C)OC(=O)Nc1nn(C)cc1CN. The number of hydrogen-bond donors (Lipinski definition) is 2. The van der Waals surface area contributed by atoms with E-state index in [0.717, 1.165) is 5.56 Å². The minimum atomic E-state index is -0.515. The van der Waals surface area contributed by atoms with Gasteiger partial charge in [0.2, 0.25) is 0 Å². The Balaban J connectivity index is 2.67. The van der Waals surface area contributed by atoms with Crippen LogP contribution in [0.4, 0.5) is 10.6 Å². The second kappa shape index (κ2) is 4.79. The van der Waals surface area contributed by atoms with Gasteiger partial charge in [0, 0.05) is 25.4 Å². The quantitative estimate of drug-likeness (QED) is 0.777. The van der Waals surface area contributed by atoms with E-state index in [-0.39, 0.29) is 6.10 Å². The van der Waals surface area contributed by atoms with Crippen LogP contribution in [0.15, 0.2) is 6.20 Å². The number of aryl methyl sites for hydroxylation is 1. The van der Waals surface area contributed by atoms with Gasteiger partial charge in [-0.05, 0) is 13.8 Å². The number of hydrogen-bond acceptors (Lipinski definition) is 4. The number of carbonyl (C=O) groups excluding carboxylic acids is 1. The van der Waals surface area contributed by atoms with Gasteiger partial charge in [-0.1, -0.05) is 0 Å². The highest BCUT2D eigenvalue weighted by molar-refractivity contribution is 5.84. The van der Waals surface area contributed by atoms with Gasteiger partial charge < -0.3 is 10.5 Å². The molecule has 1 aromatic heterocycles. The average Bonchev–Trinajstić information content (AvgIpc) is 2.44. The lowest BCUT2D eigenvalue weighted by Crippen LogP contribution is -2.19. The Hall–Kier alpha value is -1.56. The zero-order valence-corrected chi connectivity index (χ0v) is 9.15. The van der Waals surface area contributed by atoms with Crippen LogP contribution >= 0.6 is 0 Å². The number of nitrogens with one attached hydrogen (secondary N) is 1. The van der Waals surface area contributed by atoms with E-state index in [9.17, 15) is 4.79 Å². The third kappa shape index (κ3) is 3.25. The number of anilines is 1. The average molecular weight is 212 g/mol. The molecule has 0 atom stereocenters. The molecule has 1 rings (SSSR count). The monoisotopic (exact) mass is 212 g/mol. The second-order valence-corrected chi connectivity index (χ2v) is 3.46. The van der Waals surface area contributed by atoms with Crippen molar-refractivity contribution in [3.05, 3.63) is 11.8 Å². The van der Waals surface area contributed by atoms with Crippen LogP contribution in [0.2, 0.25) is 0 Å². The first-order chi connectivity index (χ1) is 7.02. The van der Waals surface area contributed by atoms with Crippen molar-refractivity contribution >= 4 is 11.9 Å². The standard InChI is InChI=1S/C9H16N4O2/c1-6(2)15-9(14)11-8-7(4-10)5-13(3)12-8/h5-6H,4,10H2,1-3H3,(H,11,12,14). The molecule has 3 N–H and O–H groups in total. The zero-order chi connectivity index (χ0) is 11.4. The van der Waals surface area contributed by atoms with E-state index < -0.39 is 6.09 Å². The van der Waals surface area contributed by atoms with Gasteiger partial charge in [0.05, 0.1) is 6.10 Å². The molecule has 0 unspecified atom stereocenters. The maximum Gasteiger partial charge on any atom is 0.413 e. The van der Waals surface area contributed by atoms with Gasteiger partial charge in [-0.15, -0.1) is 0 Å². The van der Waals surface area contributed by atoms with Gasteiger partial charge in [-0.2, -0.15) is 5.10 Å². The van der Waals surface area contributed by atoms with Crippen molar-refractivity contribution in [3.8, 4) is 0 Å². The number of nitrogens with zero attached hydrogens (tertiary/aromatic N) is 2. The van der Waals surface area contributed by atoms with Crippen LogP contribution in [-0.4, -0.2) is 22.0 Å². The Labute approximate surface area is 88.4 Å². The molecule has 1 amide bonds. The van der Waals surface area contributed by atoms with Gasteiger partial charge >= 0.3 is 6.09 Å². The Bertz CT molecular complexity index is 346. The summed E-state index contributed by atoms with van der Waals surface area (Å²) in [6, 6.07) is 0. The molecule has 1 aromatic rings. The molecule has 0 bridgehead atoms. The smallest absolute Gasteiger partial charge is 0.413 e. The second-order valence-electron chi connectivity index (χ2n) is 3.46. The summed E-state index contributed by atoms with van der Waals surface area (Å²) < 4.78 is 6.51. The number of amides is 1. The molecule has 0 spiro atoms. The number of carbonyl (C=O) groups is 1. The molecule has 6 nitrogen and oxygen atoms in total. The van der Waals surface area contributed by atoms with E-state index in [0.29, 0.717) is 12.4 Å². The van der Waals surface area contributed by atoms with Crippen molar-refractivity contribution in [2.24, 2.45) is 12.8 Å². The first-order valence-corrected chi connectivity index (χ1v) is 4.73. The fourth-order valence-corrected chi connectivity index (χ4v) is 1.13. The Morgan fingerprint density at radius 3 is 2.93 bits per heavy atom. The van der Waals surface area contributed by atoms with E-state index in [2.05, 4.69) is 10.4 Å². The minimum Gasteiger partial charge on any atom is -0.447 e. The van der Waals surface area contributed by atoms with Crippen molar-refractivity contribution in [2.75, 3.05) is 5.32 Å². The highest BCUT2D eigenvalue weighted by Crippen LogP contribution is 2.11. The predicted octanol–water partition coefficient (Wildman–Crippen LogP) is 0.836. The normalized spacial score (nSPS) is 10.5. The summed E-state index contributed by atoms with van der Waals surface area (Å²) in [7, 11) is 1.76. The maximum absolute atomic E-state index is 11.3. The molecule has 84 valence electrons. The number of ether oxygens (including phenoxy) is 1. The van der Waals surface area contributed by atoms with Gasteiger partial charge in [0.1, 0.15) is 0 Å². The fraction of sp³-hybridized carbons (Fsp3) is 0.556. The van der Waals surface area contributed by atoms with Crippen molar-refractivity contribution in [3.63, 3.8) is 0 Å². The largest absolute Gasteiger partial charge is 0.447 e. The van der Waals surface area contributed by atoms with Crippen LogP contribution in [0.3, 0.4) is 0 Å². The summed E-state index contributed by atoms with van der Waals surface area (Å²) in [5.74, 6) is 0.450. The van der Waals surface area contributed by atoms with Crippen LogP contribution in [-0.2, 0) is 18.3 Å². The van der Waals surface area contributed by atoms with E-state index in [1.165, 1.54) is 0 Å². The molecule has 0 saturated heterocycles. The third-order valence-electron chi connectivity index (χ3n) is 1.69. The molecule has 0 aliphatic rings. The minimum absolute atomic E-state index is 0.157.